The van der Waals surface area contributed by atoms with Gasteiger partial charge in [-0.2, -0.15) is 0 Å². The minimum Gasteiger partial charge on any atom is -0.496 e. The number of likely N-dealkylation sites (tertiary alicyclic amines) is 1. The zero-order chi connectivity index (χ0) is 24.4. The van der Waals surface area contributed by atoms with Gasteiger partial charge in [-0.1, -0.05) is 25.0 Å². The summed E-state index contributed by atoms with van der Waals surface area (Å²) in [6.45, 7) is 4.12. The van der Waals surface area contributed by atoms with Crippen molar-refractivity contribution in [1.29, 1.82) is 0 Å². The second kappa shape index (κ2) is 10.3. The molecule has 35 heavy (non-hydrogen) atoms. The summed E-state index contributed by atoms with van der Waals surface area (Å²) in [7, 11) is 3.73. The molecule has 1 saturated carbocycles. The second-order valence-corrected chi connectivity index (χ2v) is 10.1. The predicted molar refractivity (Wildman–Crippen MR) is 138 cm³/mol. The van der Waals surface area contributed by atoms with Crippen molar-refractivity contribution in [3.8, 4) is 5.75 Å². The Morgan fingerprint density at radius 2 is 1.66 bits per heavy atom. The average Bonchev–Trinajstić information content (AvgIpc) is 3.29. The van der Waals surface area contributed by atoms with Crippen LogP contribution in [0, 0.1) is 5.92 Å². The summed E-state index contributed by atoms with van der Waals surface area (Å²) in [6.07, 6.45) is 5.01. The number of fused-ring (bicyclic) bond motifs is 1. The number of carbonyl (C=O) groups excluding carboxylic acids is 2. The Kier molecular flexibility index (Phi) is 6.95. The van der Waals surface area contributed by atoms with Gasteiger partial charge in [-0.3, -0.25) is 9.59 Å². The minimum atomic E-state index is -0.474. The van der Waals surface area contributed by atoms with E-state index < -0.39 is 6.04 Å². The Morgan fingerprint density at radius 3 is 2.40 bits per heavy atom. The molecule has 0 radical (unpaired) electrons. The SMILES string of the molecule is COc1ccccc1C(=O)N1C(C(=O)Nc2ccc(N3CCN(C)CC3)cc2)CC2CCCCC21. The Labute approximate surface area is 208 Å². The number of anilines is 2. The summed E-state index contributed by atoms with van der Waals surface area (Å²) in [5.41, 5.74) is 2.47. The van der Waals surface area contributed by atoms with Crippen LogP contribution < -0.4 is 15.0 Å². The van der Waals surface area contributed by atoms with E-state index in [-0.39, 0.29) is 17.9 Å². The van der Waals surface area contributed by atoms with Crippen molar-refractivity contribution in [1.82, 2.24) is 9.80 Å². The second-order valence-electron chi connectivity index (χ2n) is 10.1. The van der Waals surface area contributed by atoms with E-state index in [0.29, 0.717) is 17.2 Å². The van der Waals surface area contributed by atoms with Gasteiger partial charge in [0.2, 0.25) is 5.91 Å². The lowest BCUT2D eigenvalue weighted by atomic mass is 9.84. The molecule has 2 amide bonds. The van der Waals surface area contributed by atoms with Crippen molar-refractivity contribution in [3.63, 3.8) is 0 Å². The number of amides is 2. The van der Waals surface area contributed by atoms with Crippen LogP contribution in [0.1, 0.15) is 42.5 Å². The largest absolute Gasteiger partial charge is 0.496 e. The van der Waals surface area contributed by atoms with Gasteiger partial charge in [-0.15, -0.1) is 0 Å². The third-order valence-corrected chi connectivity index (χ3v) is 7.97. The molecule has 0 bridgehead atoms. The van der Waals surface area contributed by atoms with E-state index >= 15 is 0 Å². The van der Waals surface area contributed by atoms with Gasteiger partial charge in [0.05, 0.1) is 12.7 Å². The number of hydrogen-bond acceptors (Lipinski definition) is 5. The number of benzene rings is 2. The number of carbonyl (C=O) groups is 2. The lowest BCUT2D eigenvalue weighted by Gasteiger charge is -2.34. The number of piperazine rings is 1. The van der Waals surface area contributed by atoms with Crippen molar-refractivity contribution < 1.29 is 14.3 Å². The van der Waals surface area contributed by atoms with E-state index in [2.05, 4.69) is 34.3 Å². The number of para-hydroxylation sites is 1. The monoisotopic (exact) mass is 476 g/mol. The first kappa shape index (κ1) is 23.7. The number of likely N-dealkylation sites (N-methyl/N-ethyl adjacent to an activating group) is 1. The third-order valence-electron chi connectivity index (χ3n) is 7.97. The van der Waals surface area contributed by atoms with Crippen LogP contribution in [-0.2, 0) is 4.79 Å². The zero-order valence-corrected chi connectivity index (χ0v) is 20.8. The molecular weight excluding hydrogens is 440 g/mol. The fraction of sp³-hybridized carbons (Fsp3) is 0.500. The lowest BCUT2D eigenvalue weighted by Crippen LogP contribution is -2.48. The highest BCUT2D eigenvalue weighted by Gasteiger charge is 2.48. The molecule has 2 saturated heterocycles. The first-order chi connectivity index (χ1) is 17.0. The highest BCUT2D eigenvalue weighted by Crippen LogP contribution is 2.41. The summed E-state index contributed by atoms with van der Waals surface area (Å²) in [6, 6.07) is 15.0. The first-order valence-electron chi connectivity index (χ1n) is 12.9. The molecule has 5 rings (SSSR count). The zero-order valence-electron chi connectivity index (χ0n) is 20.8. The maximum Gasteiger partial charge on any atom is 0.258 e. The molecule has 3 unspecified atom stereocenters. The molecule has 2 aromatic carbocycles. The van der Waals surface area contributed by atoms with E-state index in [9.17, 15) is 9.59 Å². The molecule has 0 aromatic heterocycles. The van der Waals surface area contributed by atoms with E-state index in [1.807, 2.05) is 29.2 Å². The molecule has 2 aliphatic heterocycles. The van der Waals surface area contributed by atoms with Crippen molar-refractivity contribution in [3.05, 3.63) is 54.1 Å². The van der Waals surface area contributed by atoms with Crippen LogP contribution in [-0.4, -0.2) is 74.0 Å². The number of ether oxygens (including phenoxy) is 1. The normalized spacial score (nSPS) is 24.7. The van der Waals surface area contributed by atoms with Gasteiger partial charge in [-0.25, -0.2) is 0 Å². The average molecular weight is 477 g/mol. The molecular formula is C28H36N4O3. The first-order valence-corrected chi connectivity index (χ1v) is 12.9. The highest BCUT2D eigenvalue weighted by atomic mass is 16.5. The maximum absolute atomic E-state index is 13.7. The Bertz CT molecular complexity index is 1050. The van der Waals surface area contributed by atoms with Crippen molar-refractivity contribution in [2.75, 3.05) is 50.6 Å². The fourth-order valence-electron chi connectivity index (χ4n) is 5.99. The van der Waals surface area contributed by atoms with Crippen LogP contribution in [0.2, 0.25) is 0 Å². The molecule has 3 fully saturated rings. The van der Waals surface area contributed by atoms with Crippen molar-refractivity contribution >= 4 is 23.2 Å². The highest BCUT2D eigenvalue weighted by molar-refractivity contribution is 6.03. The van der Waals surface area contributed by atoms with Gasteiger partial charge in [0.1, 0.15) is 11.8 Å². The molecule has 2 aromatic rings. The van der Waals surface area contributed by atoms with E-state index in [4.69, 9.17) is 4.74 Å². The summed E-state index contributed by atoms with van der Waals surface area (Å²) in [4.78, 5) is 33.8. The Hall–Kier alpha value is -3.06. The Morgan fingerprint density at radius 1 is 0.943 bits per heavy atom. The van der Waals surface area contributed by atoms with Crippen molar-refractivity contribution in [2.24, 2.45) is 5.92 Å². The molecule has 1 aliphatic carbocycles. The molecule has 0 spiro atoms. The van der Waals surface area contributed by atoms with Crippen LogP contribution in [0.5, 0.6) is 5.75 Å². The number of rotatable bonds is 5. The summed E-state index contributed by atoms with van der Waals surface area (Å²) in [5.74, 6) is 0.714. The Balaban J connectivity index is 1.33. The molecule has 3 atom stereocenters. The number of nitrogens with zero attached hydrogens (tertiary/aromatic N) is 3. The minimum absolute atomic E-state index is 0.102. The molecule has 7 heteroatoms. The topological polar surface area (TPSA) is 65.1 Å². The molecule has 7 nitrogen and oxygen atoms in total. The molecule has 2 heterocycles. The summed E-state index contributed by atoms with van der Waals surface area (Å²) in [5, 5.41) is 3.10. The van der Waals surface area contributed by atoms with Gasteiger partial charge in [0.25, 0.3) is 5.91 Å². The van der Waals surface area contributed by atoms with E-state index in [1.165, 1.54) is 12.1 Å². The van der Waals surface area contributed by atoms with E-state index in [1.54, 1.807) is 19.2 Å². The van der Waals surface area contributed by atoms with E-state index in [0.717, 1.165) is 57.5 Å². The standard InChI is InChI=1S/C28H36N4O3/c1-30-15-17-31(18-16-30)22-13-11-21(12-14-22)29-27(33)25-19-20-7-3-5-9-24(20)32(25)28(34)23-8-4-6-10-26(23)35-2/h4,6,8,10-14,20,24-25H,3,5,7,9,15-19H2,1-2H3,(H,29,33). The van der Waals surface area contributed by atoms with Crippen LogP contribution in [0.15, 0.2) is 48.5 Å². The van der Waals surface area contributed by atoms with Gasteiger partial charge in [0, 0.05) is 43.6 Å². The van der Waals surface area contributed by atoms with Crippen LogP contribution in [0.4, 0.5) is 11.4 Å². The molecule has 1 N–H and O–H groups in total. The number of nitrogens with one attached hydrogen (secondary N) is 1. The van der Waals surface area contributed by atoms with Crippen LogP contribution in [0.25, 0.3) is 0 Å². The number of methoxy groups -OCH3 is 1. The maximum atomic E-state index is 13.7. The quantitative estimate of drug-likeness (QED) is 0.710. The lowest BCUT2D eigenvalue weighted by molar-refractivity contribution is -0.120. The predicted octanol–water partition coefficient (Wildman–Crippen LogP) is 3.86. The van der Waals surface area contributed by atoms with Gasteiger partial charge in [-0.05, 0) is 68.6 Å². The summed E-state index contributed by atoms with van der Waals surface area (Å²) < 4.78 is 5.47. The van der Waals surface area contributed by atoms with Crippen LogP contribution >= 0.6 is 0 Å². The van der Waals surface area contributed by atoms with Gasteiger partial charge < -0.3 is 24.8 Å². The third kappa shape index (κ3) is 4.87. The fourth-order valence-corrected chi connectivity index (χ4v) is 5.99. The van der Waals surface area contributed by atoms with Crippen molar-refractivity contribution in [2.45, 2.75) is 44.2 Å². The number of hydrogen-bond donors (Lipinski definition) is 1. The van der Waals surface area contributed by atoms with Crippen LogP contribution in [0.3, 0.4) is 0 Å². The van der Waals surface area contributed by atoms with Gasteiger partial charge >= 0.3 is 0 Å². The summed E-state index contributed by atoms with van der Waals surface area (Å²) >= 11 is 0. The molecule has 186 valence electrons. The van der Waals surface area contributed by atoms with Gasteiger partial charge in [0.15, 0.2) is 0 Å². The molecule has 3 aliphatic rings. The smallest absolute Gasteiger partial charge is 0.258 e.